The molecule has 7 heteroatoms. The Morgan fingerprint density at radius 2 is 1.97 bits per heavy atom. The first-order valence-electron chi connectivity index (χ1n) is 10.4. The van der Waals surface area contributed by atoms with Crippen LogP contribution in [0.1, 0.15) is 52.8 Å². The fourth-order valence-corrected chi connectivity index (χ4v) is 4.65. The number of carbonyl (C=O) groups excluding carboxylic acids is 1. The molecular weight excluding hydrogens is 394 g/mol. The number of amides is 1. The summed E-state index contributed by atoms with van der Waals surface area (Å²) < 4.78 is 0. The molecule has 30 heavy (non-hydrogen) atoms. The molecule has 0 spiro atoms. The van der Waals surface area contributed by atoms with Gasteiger partial charge < -0.3 is 10.2 Å². The second-order valence-corrected chi connectivity index (χ2v) is 9.27. The third kappa shape index (κ3) is 4.51. The smallest absolute Gasteiger partial charge is 0.263 e. The molecule has 3 aromatic heterocycles. The van der Waals surface area contributed by atoms with E-state index >= 15 is 0 Å². The third-order valence-corrected chi connectivity index (χ3v) is 6.29. The number of aromatic nitrogens is 3. The minimum Gasteiger partial charge on any atom is -0.352 e. The molecular formula is C23H27N5OS. The van der Waals surface area contributed by atoms with Gasteiger partial charge in [0.1, 0.15) is 0 Å². The van der Waals surface area contributed by atoms with Crippen molar-refractivity contribution in [3.8, 4) is 11.3 Å². The molecule has 1 N–H and O–H groups in total. The molecule has 1 aliphatic rings. The van der Waals surface area contributed by atoms with Crippen LogP contribution >= 0.6 is 11.3 Å². The molecule has 0 aliphatic carbocycles. The fourth-order valence-electron chi connectivity index (χ4n) is 3.81. The third-order valence-electron chi connectivity index (χ3n) is 5.30. The van der Waals surface area contributed by atoms with Crippen molar-refractivity contribution in [1.29, 1.82) is 0 Å². The number of aryl methyl sites for hydroxylation is 1. The van der Waals surface area contributed by atoms with Gasteiger partial charge in [0.2, 0.25) is 5.95 Å². The van der Waals surface area contributed by atoms with Gasteiger partial charge in [0.05, 0.1) is 16.3 Å². The van der Waals surface area contributed by atoms with Crippen molar-refractivity contribution in [2.75, 3.05) is 18.4 Å². The van der Waals surface area contributed by atoms with Gasteiger partial charge in [0.15, 0.2) is 0 Å². The largest absolute Gasteiger partial charge is 0.352 e. The summed E-state index contributed by atoms with van der Waals surface area (Å²) in [5.74, 6) is 1.06. The highest BCUT2D eigenvalue weighted by molar-refractivity contribution is 7.13. The van der Waals surface area contributed by atoms with Crippen molar-refractivity contribution in [2.24, 2.45) is 0 Å². The topological polar surface area (TPSA) is 71.0 Å². The van der Waals surface area contributed by atoms with E-state index in [1.807, 2.05) is 48.4 Å². The lowest BCUT2D eigenvalue weighted by Gasteiger charge is -2.32. The minimum atomic E-state index is 0.140. The van der Waals surface area contributed by atoms with E-state index in [2.05, 4.69) is 29.1 Å². The molecule has 1 aliphatic heterocycles. The van der Waals surface area contributed by atoms with Crippen LogP contribution in [0.5, 0.6) is 0 Å². The molecule has 0 atom stereocenters. The maximum atomic E-state index is 12.8. The number of rotatable bonds is 5. The molecule has 0 unspecified atom stereocenters. The normalized spacial score (nSPS) is 14.9. The average Bonchev–Trinajstić information content (AvgIpc) is 3.20. The Bertz CT molecular complexity index is 1010. The lowest BCUT2D eigenvalue weighted by molar-refractivity contribution is 0.0717. The van der Waals surface area contributed by atoms with Gasteiger partial charge in [-0.25, -0.2) is 9.97 Å². The molecule has 3 aromatic rings. The second kappa shape index (κ2) is 8.92. The Morgan fingerprint density at radius 1 is 1.17 bits per heavy atom. The zero-order chi connectivity index (χ0) is 21.1. The van der Waals surface area contributed by atoms with Crippen LogP contribution in [0.15, 0.2) is 42.7 Å². The van der Waals surface area contributed by atoms with Gasteiger partial charge >= 0.3 is 0 Å². The first-order chi connectivity index (χ1) is 14.5. The average molecular weight is 422 g/mol. The minimum absolute atomic E-state index is 0.140. The number of pyridine rings is 1. The van der Waals surface area contributed by atoms with Crippen LogP contribution in [0.25, 0.3) is 11.3 Å². The fraction of sp³-hybridized carbons (Fsp3) is 0.391. The Kier molecular flexibility index (Phi) is 6.08. The summed E-state index contributed by atoms with van der Waals surface area (Å²) in [5.41, 5.74) is 2.88. The van der Waals surface area contributed by atoms with E-state index in [4.69, 9.17) is 4.98 Å². The van der Waals surface area contributed by atoms with E-state index in [0.717, 1.165) is 47.8 Å². The number of hydrogen-bond acceptors (Lipinski definition) is 6. The van der Waals surface area contributed by atoms with E-state index in [1.165, 1.54) is 4.88 Å². The highest BCUT2D eigenvalue weighted by Gasteiger charge is 2.28. The number of nitrogens with zero attached hydrogens (tertiary/aromatic N) is 4. The molecule has 4 heterocycles. The second-order valence-electron chi connectivity index (χ2n) is 7.98. The summed E-state index contributed by atoms with van der Waals surface area (Å²) >= 11 is 1.57. The van der Waals surface area contributed by atoms with Crippen LogP contribution in [-0.4, -0.2) is 44.9 Å². The van der Waals surface area contributed by atoms with Crippen LogP contribution < -0.4 is 5.32 Å². The number of carbonyl (C=O) groups is 1. The van der Waals surface area contributed by atoms with E-state index in [1.54, 1.807) is 17.5 Å². The summed E-state index contributed by atoms with van der Waals surface area (Å²) in [7, 11) is 0. The standard InChI is InChI=1S/C23H27N5OS/c1-15(2)26-23-25-14-18(19-6-4-5-11-24-19)21(27-23)17-9-12-28(13-10-17)22(29)20-8-7-16(3)30-20/h4-8,11,14-15,17H,9-10,12-13H2,1-3H3,(H,25,26,27). The Hall–Kier alpha value is -2.80. The van der Waals surface area contributed by atoms with E-state index in [9.17, 15) is 4.79 Å². The Morgan fingerprint density at radius 3 is 2.60 bits per heavy atom. The number of likely N-dealkylation sites (tertiary alicyclic amines) is 1. The van der Waals surface area contributed by atoms with Gasteiger partial charge in [0, 0.05) is 47.9 Å². The molecule has 1 fully saturated rings. The van der Waals surface area contributed by atoms with E-state index in [-0.39, 0.29) is 17.9 Å². The predicted molar refractivity (Wildman–Crippen MR) is 121 cm³/mol. The summed E-state index contributed by atoms with van der Waals surface area (Å²) in [5, 5.41) is 3.31. The monoisotopic (exact) mass is 421 g/mol. The van der Waals surface area contributed by atoms with Crippen LogP contribution in [0, 0.1) is 6.92 Å². The summed E-state index contributed by atoms with van der Waals surface area (Å²) in [6.07, 6.45) is 5.44. The zero-order valence-corrected chi connectivity index (χ0v) is 18.4. The Labute approximate surface area is 181 Å². The molecule has 0 bridgehead atoms. The molecule has 0 aromatic carbocycles. The van der Waals surface area contributed by atoms with Gasteiger partial charge in [-0.1, -0.05) is 6.07 Å². The van der Waals surface area contributed by atoms with Gasteiger partial charge in [0.25, 0.3) is 5.91 Å². The molecule has 0 radical (unpaired) electrons. The number of thiophene rings is 1. The van der Waals surface area contributed by atoms with Crippen molar-refractivity contribution in [2.45, 2.75) is 45.6 Å². The lowest BCUT2D eigenvalue weighted by Crippen LogP contribution is -2.37. The molecule has 6 nitrogen and oxygen atoms in total. The van der Waals surface area contributed by atoms with Crippen molar-refractivity contribution in [3.63, 3.8) is 0 Å². The molecule has 0 saturated carbocycles. The summed E-state index contributed by atoms with van der Waals surface area (Å²) in [6, 6.07) is 10.1. The quantitative estimate of drug-likeness (QED) is 0.644. The van der Waals surface area contributed by atoms with Crippen molar-refractivity contribution < 1.29 is 4.79 Å². The molecule has 1 amide bonds. The highest BCUT2D eigenvalue weighted by Crippen LogP contribution is 2.34. The zero-order valence-electron chi connectivity index (χ0n) is 17.6. The van der Waals surface area contributed by atoms with Crippen LogP contribution in [0.4, 0.5) is 5.95 Å². The van der Waals surface area contributed by atoms with Crippen molar-refractivity contribution in [1.82, 2.24) is 19.9 Å². The van der Waals surface area contributed by atoms with Crippen LogP contribution in [-0.2, 0) is 0 Å². The maximum Gasteiger partial charge on any atom is 0.263 e. The van der Waals surface area contributed by atoms with Gasteiger partial charge in [-0.15, -0.1) is 11.3 Å². The molecule has 4 rings (SSSR count). The van der Waals surface area contributed by atoms with Gasteiger partial charge in [-0.2, -0.15) is 0 Å². The molecule has 156 valence electrons. The van der Waals surface area contributed by atoms with Crippen molar-refractivity contribution >= 4 is 23.2 Å². The van der Waals surface area contributed by atoms with Crippen LogP contribution in [0.2, 0.25) is 0 Å². The van der Waals surface area contributed by atoms with Gasteiger partial charge in [-0.3, -0.25) is 9.78 Å². The number of anilines is 1. The van der Waals surface area contributed by atoms with Gasteiger partial charge in [-0.05, 0) is 57.9 Å². The summed E-state index contributed by atoms with van der Waals surface area (Å²) in [6.45, 7) is 7.65. The predicted octanol–water partition coefficient (Wildman–Crippen LogP) is 4.75. The molecule has 1 saturated heterocycles. The first-order valence-corrected chi connectivity index (χ1v) is 11.2. The Balaban J connectivity index is 1.56. The number of piperidine rings is 1. The highest BCUT2D eigenvalue weighted by atomic mass is 32.1. The van der Waals surface area contributed by atoms with Crippen LogP contribution in [0.3, 0.4) is 0 Å². The summed E-state index contributed by atoms with van der Waals surface area (Å²) in [4.78, 5) is 30.7. The first kappa shape index (κ1) is 20.5. The van der Waals surface area contributed by atoms with E-state index in [0.29, 0.717) is 5.95 Å². The maximum absolute atomic E-state index is 12.8. The number of nitrogens with one attached hydrogen (secondary N) is 1. The lowest BCUT2D eigenvalue weighted by atomic mass is 9.90. The van der Waals surface area contributed by atoms with Crippen molar-refractivity contribution in [3.05, 3.63) is 58.2 Å². The van der Waals surface area contributed by atoms with E-state index < -0.39 is 0 Å². The number of hydrogen-bond donors (Lipinski definition) is 1. The SMILES string of the molecule is Cc1ccc(C(=O)N2CCC(c3nc(NC(C)C)ncc3-c3ccccn3)CC2)s1.